The van der Waals surface area contributed by atoms with Crippen LogP contribution in [0.4, 0.5) is 0 Å². The Morgan fingerprint density at radius 1 is 0.694 bits per heavy atom. The third kappa shape index (κ3) is 4.21. The maximum atomic E-state index is 6.90. The minimum atomic E-state index is 0.420. The molecule has 3 nitrogen and oxygen atoms in total. The van der Waals surface area contributed by atoms with Crippen LogP contribution < -0.4 is 0 Å². The summed E-state index contributed by atoms with van der Waals surface area (Å²) in [6.45, 7) is 4.19. The second-order valence-electron chi connectivity index (χ2n) is 13.1. The first-order valence-electron chi connectivity index (χ1n) is 16.8. The first kappa shape index (κ1) is 28.7. The number of para-hydroxylation sites is 1. The Bertz CT molecular complexity index is 2920. The molecule has 0 radical (unpaired) electrons. The molecule has 3 aromatic heterocycles. The predicted octanol–water partition coefficient (Wildman–Crippen LogP) is 13.0. The lowest BCUT2D eigenvalue weighted by Gasteiger charge is -2.16. The SMILES string of the molecule is CC1=C(c2nc(-c3cccc(-n4c5ccccc5c5c6ccccc6c6c(sc7ccc8ccccc8c76)c54)c3)c(Cl)nc2C)C=CCC1. The summed E-state index contributed by atoms with van der Waals surface area (Å²) in [5, 5.41) is 10.7. The molecule has 0 fully saturated rings. The molecule has 0 bridgehead atoms. The molecule has 0 amide bonds. The zero-order valence-electron chi connectivity index (χ0n) is 27.1. The first-order chi connectivity index (χ1) is 24.1. The van der Waals surface area contributed by atoms with Gasteiger partial charge in [0.1, 0.15) is 5.69 Å². The molecule has 5 heteroatoms. The number of aromatic nitrogens is 3. The highest BCUT2D eigenvalue weighted by Gasteiger charge is 2.23. The van der Waals surface area contributed by atoms with E-state index in [0.29, 0.717) is 10.8 Å². The van der Waals surface area contributed by atoms with Gasteiger partial charge in [0.15, 0.2) is 5.15 Å². The van der Waals surface area contributed by atoms with Crippen molar-refractivity contribution in [2.75, 3.05) is 0 Å². The van der Waals surface area contributed by atoms with E-state index in [1.165, 1.54) is 69.1 Å². The number of hydrogen-bond donors (Lipinski definition) is 0. The summed E-state index contributed by atoms with van der Waals surface area (Å²) in [6.07, 6.45) is 6.50. The van der Waals surface area contributed by atoms with Crippen molar-refractivity contribution in [3.63, 3.8) is 0 Å². The van der Waals surface area contributed by atoms with Gasteiger partial charge in [-0.25, -0.2) is 9.97 Å². The zero-order chi connectivity index (χ0) is 32.8. The van der Waals surface area contributed by atoms with Crippen molar-refractivity contribution in [1.29, 1.82) is 0 Å². The second kappa shape index (κ2) is 10.9. The number of nitrogens with zero attached hydrogens (tertiary/aromatic N) is 3. The standard InChI is InChI=1S/C44H30ClN3S/c1-25-12-3-5-16-30(25)40-26(2)46-44(45)41(47-40)28-14-11-15-29(24-28)48-35-21-10-9-20-34(35)37-32-18-7-8-19-33(32)39-38-31-17-6-4-13-27(31)22-23-36(38)49-43(39)42(37)48/h4-11,13-24H,3,12H2,1-2H3. The van der Waals surface area contributed by atoms with Crippen molar-refractivity contribution in [3.05, 3.63) is 143 Å². The summed E-state index contributed by atoms with van der Waals surface area (Å²) in [6, 6.07) is 39.7. The van der Waals surface area contributed by atoms with Gasteiger partial charge in [-0.2, -0.15) is 0 Å². The minimum absolute atomic E-state index is 0.420. The molecule has 0 N–H and O–H groups in total. The molecule has 0 saturated heterocycles. The maximum Gasteiger partial charge on any atom is 0.155 e. The lowest BCUT2D eigenvalue weighted by Crippen LogP contribution is -2.03. The molecule has 3 heterocycles. The van der Waals surface area contributed by atoms with Crippen LogP contribution in [0.3, 0.4) is 0 Å². The van der Waals surface area contributed by atoms with Gasteiger partial charge in [0.25, 0.3) is 0 Å². The highest BCUT2D eigenvalue weighted by molar-refractivity contribution is 7.27. The monoisotopic (exact) mass is 667 g/mol. The Labute approximate surface area is 292 Å². The molecule has 1 aliphatic carbocycles. The van der Waals surface area contributed by atoms with Gasteiger partial charge in [0, 0.05) is 43.1 Å². The fraction of sp³-hybridized carbons (Fsp3) is 0.0909. The van der Waals surface area contributed by atoms with Crippen LogP contribution in [0.15, 0.2) is 127 Å². The van der Waals surface area contributed by atoms with Crippen LogP contribution in [0, 0.1) is 6.92 Å². The van der Waals surface area contributed by atoms with Crippen LogP contribution in [0.2, 0.25) is 5.15 Å². The van der Waals surface area contributed by atoms with E-state index in [0.717, 1.165) is 41.1 Å². The Morgan fingerprint density at radius 2 is 1.45 bits per heavy atom. The second-order valence-corrected chi connectivity index (χ2v) is 14.5. The molecule has 1 aliphatic rings. The quantitative estimate of drug-likeness (QED) is 0.188. The molecule has 9 aromatic rings. The third-order valence-corrected chi connectivity index (χ3v) is 11.7. The molecule has 0 aliphatic heterocycles. The van der Waals surface area contributed by atoms with Gasteiger partial charge in [-0.15, -0.1) is 11.3 Å². The molecular formula is C44H30ClN3S. The van der Waals surface area contributed by atoms with Crippen molar-refractivity contribution in [1.82, 2.24) is 14.5 Å². The molecule has 10 rings (SSSR count). The highest BCUT2D eigenvalue weighted by atomic mass is 35.5. The fourth-order valence-corrected chi connectivity index (χ4v) is 9.54. The summed E-state index contributed by atoms with van der Waals surface area (Å²) in [5.41, 5.74) is 9.35. The van der Waals surface area contributed by atoms with Gasteiger partial charge >= 0.3 is 0 Å². The summed E-state index contributed by atoms with van der Waals surface area (Å²) >= 11 is 8.79. The number of thiophene rings is 1. The first-order valence-corrected chi connectivity index (χ1v) is 18.0. The lowest BCUT2D eigenvalue weighted by molar-refractivity contribution is 0.960. The van der Waals surface area contributed by atoms with Crippen molar-refractivity contribution in [2.24, 2.45) is 0 Å². The summed E-state index contributed by atoms with van der Waals surface area (Å²) < 4.78 is 5.05. The van der Waals surface area contributed by atoms with E-state index in [4.69, 9.17) is 21.6 Å². The fourth-order valence-electron chi connectivity index (χ4n) is 7.99. The lowest BCUT2D eigenvalue weighted by atomic mass is 9.95. The van der Waals surface area contributed by atoms with Crippen LogP contribution in [0.25, 0.3) is 86.0 Å². The predicted molar refractivity (Wildman–Crippen MR) is 210 cm³/mol. The topological polar surface area (TPSA) is 30.7 Å². The molecule has 0 atom stereocenters. The van der Waals surface area contributed by atoms with E-state index >= 15 is 0 Å². The molecule has 0 spiro atoms. The van der Waals surface area contributed by atoms with Crippen molar-refractivity contribution in [2.45, 2.75) is 26.7 Å². The third-order valence-electron chi connectivity index (χ3n) is 10.2. The van der Waals surface area contributed by atoms with E-state index in [2.05, 4.69) is 133 Å². The van der Waals surface area contributed by atoms with Crippen LogP contribution >= 0.6 is 22.9 Å². The van der Waals surface area contributed by atoms with Gasteiger partial charge in [-0.1, -0.05) is 114 Å². The summed E-state index contributed by atoms with van der Waals surface area (Å²) in [5.74, 6) is 0. The molecule has 0 saturated carbocycles. The van der Waals surface area contributed by atoms with Crippen molar-refractivity contribution >= 4 is 92.0 Å². The molecule has 49 heavy (non-hydrogen) atoms. The normalized spacial score (nSPS) is 13.7. The summed E-state index contributed by atoms with van der Waals surface area (Å²) in [4.78, 5) is 10.0. The van der Waals surface area contributed by atoms with Gasteiger partial charge in [0.2, 0.25) is 0 Å². The zero-order valence-corrected chi connectivity index (χ0v) is 28.7. The van der Waals surface area contributed by atoms with Crippen LogP contribution in [-0.4, -0.2) is 14.5 Å². The Kier molecular flexibility index (Phi) is 6.36. The smallest absolute Gasteiger partial charge is 0.155 e. The maximum absolute atomic E-state index is 6.90. The Morgan fingerprint density at radius 3 is 2.29 bits per heavy atom. The van der Waals surface area contributed by atoms with Gasteiger partial charge in [0.05, 0.1) is 27.1 Å². The van der Waals surface area contributed by atoms with Crippen molar-refractivity contribution in [3.8, 4) is 16.9 Å². The number of rotatable bonds is 3. The average Bonchev–Trinajstić information content (AvgIpc) is 3.70. The number of halogens is 1. The van der Waals surface area contributed by atoms with Gasteiger partial charge < -0.3 is 4.57 Å². The highest BCUT2D eigenvalue weighted by Crippen LogP contribution is 2.49. The van der Waals surface area contributed by atoms with Gasteiger partial charge in [-0.3, -0.25) is 0 Å². The Balaban J connectivity index is 1.31. The van der Waals surface area contributed by atoms with E-state index in [-0.39, 0.29) is 0 Å². The molecular weight excluding hydrogens is 638 g/mol. The number of fused-ring (bicyclic) bond motifs is 12. The molecule has 6 aromatic carbocycles. The molecule has 234 valence electrons. The van der Waals surface area contributed by atoms with E-state index in [1.807, 2.05) is 18.3 Å². The van der Waals surface area contributed by atoms with Crippen LogP contribution in [0.5, 0.6) is 0 Å². The van der Waals surface area contributed by atoms with Crippen molar-refractivity contribution < 1.29 is 0 Å². The average molecular weight is 668 g/mol. The Hall–Kier alpha value is -5.29. The van der Waals surface area contributed by atoms with Gasteiger partial charge in [-0.05, 0) is 72.5 Å². The van der Waals surface area contributed by atoms with E-state index in [1.54, 1.807) is 0 Å². The van der Waals surface area contributed by atoms with E-state index in [9.17, 15) is 0 Å². The minimum Gasteiger partial charge on any atom is -0.308 e. The largest absolute Gasteiger partial charge is 0.308 e. The number of hydrogen-bond acceptors (Lipinski definition) is 3. The molecule has 0 unspecified atom stereocenters. The van der Waals surface area contributed by atoms with E-state index < -0.39 is 0 Å². The number of benzene rings is 6. The van der Waals surface area contributed by atoms with Crippen LogP contribution in [0.1, 0.15) is 31.2 Å². The summed E-state index contributed by atoms with van der Waals surface area (Å²) in [7, 11) is 0. The number of allylic oxidation sites excluding steroid dienone is 4. The number of aryl methyl sites for hydroxylation is 1. The van der Waals surface area contributed by atoms with Crippen LogP contribution in [-0.2, 0) is 0 Å².